The average molecular weight is 395 g/mol. The van der Waals surface area contributed by atoms with Crippen LogP contribution >= 0.6 is 11.3 Å². The summed E-state index contributed by atoms with van der Waals surface area (Å²) in [6.45, 7) is 10.7. The van der Waals surface area contributed by atoms with Crippen molar-refractivity contribution in [1.29, 1.82) is 0 Å². The van der Waals surface area contributed by atoms with Gasteiger partial charge in [-0.1, -0.05) is 51.1 Å². The fourth-order valence-corrected chi connectivity index (χ4v) is 3.69. The van der Waals surface area contributed by atoms with Crippen molar-refractivity contribution in [2.45, 2.75) is 46.6 Å². The van der Waals surface area contributed by atoms with Crippen molar-refractivity contribution in [2.75, 3.05) is 5.32 Å². The number of amides is 1. The summed E-state index contributed by atoms with van der Waals surface area (Å²) in [4.78, 5) is 17.7. The molecule has 1 heterocycles. The van der Waals surface area contributed by atoms with Crippen molar-refractivity contribution >= 4 is 22.9 Å². The number of carbonyl (C=O) groups excluding carboxylic acids is 1. The third-order valence-corrected chi connectivity index (χ3v) is 5.65. The summed E-state index contributed by atoms with van der Waals surface area (Å²) in [5.74, 6) is 0.664. The Bertz CT molecular complexity index is 969. The average Bonchev–Trinajstić information content (AvgIpc) is 3.02. The minimum absolute atomic E-state index is 0.115. The van der Waals surface area contributed by atoms with E-state index in [-0.39, 0.29) is 11.3 Å². The van der Waals surface area contributed by atoms with E-state index in [1.54, 1.807) is 0 Å². The lowest BCUT2D eigenvalue weighted by Gasteiger charge is -2.19. The first kappa shape index (κ1) is 20.1. The summed E-state index contributed by atoms with van der Waals surface area (Å²) in [6.07, 6.45) is 0. The Balaban J connectivity index is 1.65. The van der Waals surface area contributed by atoms with E-state index in [4.69, 9.17) is 4.74 Å². The van der Waals surface area contributed by atoms with Crippen LogP contribution in [0.15, 0.2) is 48.5 Å². The fraction of sp³-hybridized carbons (Fsp3) is 0.304. The number of rotatable bonds is 5. The number of aromatic nitrogens is 1. The molecule has 1 amide bonds. The summed E-state index contributed by atoms with van der Waals surface area (Å²) < 4.78 is 5.86. The van der Waals surface area contributed by atoms with Crippen molar-refractivity contribution in [3.63, 3.8) is 0 Å². The molecule has 2 aromatic carbocycles. The molecule has 3 rings (SSSR count). The zero-order valence-electron chi connectivity index (χ0n) is 17.0. The molecule has 3 aromatic rings. The van der Waals surface area contributed by atoms with Gasteiger partial charge in [-0.2, -0.15) is 0 Å². The van der Waals surface area contributed by atoms with Crippen LogP contribution in [0.3, 0.4) is 0 Å². The number of aryl methyl sites for hydroxylation is 2. The van der Waals surface area contributed by atoms with E-state index >= 15 is 0 Å². The van der Waals surface area contributed by atoms with Gasteiger partial charge in [-0.15, -0.1) is 11.3 Å². The monoisotopic (exact) mass is 394 g/mol. The summed E-state index contributed by atoms with van der Waals surface area (Å²) in [5, 5.41) is 3.75. The van der Waals surface area contributed by atoms with Gasteiger partial charge in [0.2, 0.25) is 0 Å². The first-order chi connectivity index (χ1) is 13.2. The maximum Gasteiger partial charge on any atom is 0.267 e. The van der Waals surface area contributed by atoms with Crippen LogP contribution in [0.25, 0.3) is 0 Å². The maximum absolute atomic E-state index is 12.6. The predicted molar refractivity (Wildman–Crippen MR) is 115 cm³/mol. The van der Waals surface area contributed by atoms with Gasteiger partial charge in [0, 0.05) is 5.69 Å². The predicted octanol–water partition coefficient (Wildman–Crippen LogP) is 5.89. The number of thiazole rings is 1. The molecular formula is C23H26N2O2S. The highest BCUT2D eigenvalue weighted by Crippen LogP contribution is 2.26. The highest BCUT2D eigenvalue weighted by Gasteiger charge is 2.17. The number of hydrogen-bond donors (Lipinski definition) is 1. The highest BCUT2D eigenvalue weighted by molar-refractivity contribution is 7.13. The third-order valence-electron chi connectivity index (χ3n) is 4.52. The Morgan fingerprint density at radius 1 is 1.07 bits per heavy atom. The molecule has 0 saturated heterocycles. The van der Waals surface area contributed by atoms with E-state index in [0.29, 0.717) is 11.5 Å². The minimum atomic E-state index is -0.134. The van der Waals surface area contributed by atoms with E-state index in [0.717, 1.165) is 27.7 Å². The molecule has 0 fully saturated rings. The van der Waals surface area contributed by atoms with Gasteiger partial charge in [0.05, 0.1) is 5.69 Å². The van der Waals surface area contributed by atoms with Gasteiger partial charge in [-0.3, -0.25) is 4.79 Å². The molecule has 4 nitrogen and oxygen atoms in total. The molecule has 1 N–H and O–H groups in total. The summed E-state index contributed by atoms with van der Waals surface area (Å²) in [5.41, 5.74) is 3.94. The van der Waals surface area contributed by atoms with Crippen LogP contribution in [-0.4, -0.2) is 10.9 Å². The highest BCUT2D eigenvalue weighted by atomic mass is 32.1. The lowest BCUT2D eigenvalue weighted by atomic mass is 9.87. The number of carbonyl (C=O) groups is 1. The van der Waals surface area contributed by atoms with E-state index in [1.165, 1.54) is 16.9 Å². The standard InChI is InChI=1S/C23H26N2O2S/c1-15-8-6-7-9-19(15)25-22(26)21-16(2)24-20(28-21)14-27-18-12-10-17(11-13-18)23(3,4)5/h6-13H,14H2,1-5H3,(H,25,26). The summed E-state index contributed by atoms with van der Waals surface area (Å²) in [7, 11) is 0. The van der Waals surface area contributed by atoms with Gasteiger partial charge in [0.25, 0.3) is 5.91 Å². The van der Waals surface area contributed by atoms with Crippen molar-refractivity contribution in [2.24, 2.45) is 0 Å². The van der Waals surface area contributed by atoms with Gasteiger partial charge in [0.15, 0.2) is 0 Å². The van der Waals surface area contributed by atoms with Crippen LogP contribution in [0, 0.1) is 13.8 Å². The molecule has 0 bridgehead atoms. The third kappa shape index (κ3) is 4.78. The zero-order chi connectivity index (χ0) is 20.3. The molecule has 5 heteroatoms. The number of hydrogen-bond acceptors (Lipinski definition) is 4. The lowest BCUT2D eigenvalue weighted by Crippen LogP contribution is -2.12. The molecule has 0 unspecified atom stereocenters. The number of ether oxygens (including phenoxy) is 1. The Morgan fingerprint density at radius 2 is 1.75 bits per heavy atom. The van der Waals surface area contributed by atoms with Gasteiger partial charge < -0.3 is 10.1 Å². The Morgan fingerprint density at radius 3 is 2.39 bits per heavy atom. The number of nitrogens with zero attached hydrogens (tertiary/aromatic N) is 1. The lowest BCUT2D eigenvalue weighted by molar-refractivity contribution is 0.102. The van der Waals surface area contributed by atoms with Gasteiger partial charge in [0.1, 0.15) is 22.2 Å². The van der Waals surface area contributed by atoms with Crippen molar-refractivity contribution in [1.82, 2.24) is 4.98 Å². The molecule has 1 aromatic heterocycles. The first-order valence-electron chi connectivity index (χ1n) is 9.30. The van der Waals surface area contributed by atoms with Crippen LogP contribution in [0.1, 0.15) is 52.3 Å². The quantitative estimate of drug-likeness (QED) is 0.587. The Labute approximate surface area is 170 Å². The molecule has 0 radical (unpaired) electrons. The Hall–Kier alpha value is -2.66. The van der Waals surface area contributed by atoms with Crippen molar-refractivity contribution < 1.29 is 9.53 Å². The maximum atomic E-state index is 12.6. The number of nitrogens with one attached hydrogen (secondary N) is 1. The molecule has 0 spiro atoms. The van der Waals surface area contributed by atoms with Crippen LogP contribution in [-0.2, 0) is 12.0 Å². The second kappa shape index (κ2) is 8.15. The number of benzene rings is 2. The molecule has 146 valence electrons. The smallest absolute Gasteiger partial charge is 0.267 e. The van der Waals surface area contributed by atoms with Crippen LogP contribution < -0.4 is 10.1 Å². The summed E-state index contributed by atoms with van der Waals surface area (Å²) >= 11 is 1.37. The molecular weight excluding hydrogens is 368 g/mol. The molecule has 0 aliphatic rings. The van der Waals surface area contributed by atoms with E-state index in [2.05, 4.69) is 43.2 Å². The SMILES string of the molecule is Cc1ccccc1NC(=O)c1sc(COc2ccc(C(C)(C)C)cc2)nc1C. The molecule has 28 heavy (non-hydrogen) atoms. The largest absolute Gasteiger partial charge is 0.486 e. The van der Waals surface area contributed by atoms with Crippen molar-refractivity contribution in [3.05, 3.63) is 75.2 Å². The minimum Gasteiger partial charge on any atom is -0.486 e. The topological polar surface area (TPSA) is 51.2 Å². The van der Waals surface area contributed by atoms with Gasteiger partial charge in [-0.25, -0.2) is 4.98 Å². The van der Waals surface area contributed by atoms with Crippen LogP contribution in [0.2, 0.25) is 0 Å². The molecule has 0 aliphatic carbocycles. The number of para-hydroxylation sites is 1. The van der Waals surface area contributed by atoms with Gasteiger partial charge in [-0.05, 0) is 48.6 Å². The van der Waals surface area contributed by atoms with Crippen LogP contribution in [0.4, 0.5) is 5.69 Å². The van der Waals surface area contributed by atoms with E-state index in [1.807, 2.05) is 50.2 Å². The molecule has 0 saturated carbocycles. The van der Waals surface area contributed by atoms with E-state index < -0.39 is 0 Å². The Kier molecular flexibility index (Phi) is 5.84. The second-order valence-corrected chi connectivity index (χ2v) is 8.94. The molecule has 0 aliphatic heterocycles. The first-order valence-corrected chi connectivity index (χ1v) is 10.1. The normalized spacial score (nSPS) is 11.3. The fourth-order valence-electron chi connectivity index (χ4n) is 2.81. The van der Waals surface area contributed by atoms with Crippen molar-refractivity contribution in [3.8, 4) is 5.75 Å². The molecule has 0 atom stereocenters. The summed E-state index contributed by atoms with van der Waals surface area (Å²) in [6, 6.07) is 15.9. The van der Waals surface area contributed by atoms with Crippen LogP contribution in [0.5, 0.6) is 5.75 Å². The zero-order valence-corrected chi connectivity index (χ0v) is 17.8. The number of anilines is 1. The van der Waals surface area contributed by atoms with E-state index in [9.17, 15) is 4.79 Å². The second-order valence-electron chi connectivity index (χ2n) is 7.85. The van der Waals surface area contributed by atoms with Gasteiger partial charge >= 0.3 is 0 Å².